The summed E-state index contributed by atoms with van der Waals surface area (Å²) in [5.41, 5.74) is 14.4. The second-order valence-electron chi connectivity index (χ2n) is 19.1. The summed E-state index contributed by atoms with van der Waals surface area (Å²) in [6.07, 6.45) is 9.30. The number of carbonyl (C=O) groups excluding carboxylic acids is 2. The van der Waals surface area contributed by atoms with Crippen LogP contribution < -0.4 is 20.9 Å². The smallest absolute Gasteiger partial charge is 0.328 e. The Morgan fingerprint density at radius 1 is 0.926 bits per heavy atom. The Labute approximate surface area is 323 Å². The summed E-state index contributed by atoms with van der Waals surface area (Å²) >= 11 is 0. The molecular formula is C44H70N2O8. The van der Waals surface area contributed by atoms with Crippen LogP contribution in [0, 0.1) is 67.1 Å². The van der Waals surface area contributed by atoms with Crippen LogP contribution in [0.3, 0.4) is 0 Å². The molecule has 0 aromatic heterocycles. The van der Waals surface area contributed by atoms with Gasteiger partial charge in [0, 0.05) is 12.0 Å². The summed E-state index contributed by atoms with van der Waals surface area (Å²) in [5.74, 6) is 2.10. The van der Waals surface area contributed by atoms with E-state index in [-0.39, 0.29) is 59.1 Å². The molecule has 0 saturated heterocycles. The average Bonchev–Trinajstić information content (AvgIpc) is 3.50. The first-order valence-corrected chi connectivity index (χ1v) is 21.1. The first-order valence-electron chi connectivity index (χ1n) is 21.1. The standard InChI is InChI=1S/C44H70N2O8/c1-24(31-12-13-32-38-33(22-36(49)44(31,32)7)43(6)18-15-29(47)20-28(43)21-35(38)48)11-14-37(50)52-23-42(5)17-16-30-27(4)39(25(2)26(3)40(30)54-42)53-41(51)34(46)10-8-9-19-45/h24,28-29,31-36,38,47-49H,8-23,45-46H2,1-7H3/t24?,28-,29+,31+,32-,33-,34-,35+,36-,38-,42?,43-,44+/m0/s1. The van der Waals surface area contributed by atoms with Gasteiger partial charge in [0.1, 0.15) is 29.7 Å². The lowest BCUT2D eigenvalue weighted by atomic mass is 9.43. The molecule has 54 heavy (non-hydrogen) atoms. The lowest BCUT2D eigenvalue weighted by Crippen LogP contribution is -2.62. The monoisotopic (exact) mass is 755 g/mol. The number of aliphatic hydroxyl groups excluding tert-OH is 3. The molecule has 0 amide bonds. The van der Waals surface area contributed by atoms with E-state index in [4.69, 9.17) is 25.7 Å². The maximum absolute atomic E-state index is 13.3. The van der Waals surface area contributed by atoms with Crippen molar-refractivity contribution in [2.75, 3.05) is 13.2 Å². The van der Waals surface area contributed by atoms with Crippen LogP contribution in [0.4, 0.5) is 0 Å². The minimum atomic E-state index is -0.704. The van der Waals surface area contributed by atoms with Crippen molar-refractivity contribution in [3.8, 4) is 11.5 Å². The van der Waals surface area contributed by atoms with Gasteiger partial charge in [-0.25, -0.2) is 4.79 Å². The lowest BCUT2D eigenvalue weighted by Gasteiger charge is -2.63. The predicted octanol–water partition coefficient (Wildman–Crippen LogP) is 5.98. The minimum absolute atomic E-state index is 0.0483. The molecule has 13 atom stereocenters. The zero-order chi connectivity index (χ0) is 39.3. The highest BCUT2D eigenvalue weighted by Crippen LogP contribution is 2.68. The highest BCUT2D eigenvalue weighted by Gasteiger charge is 2.65. The van der Waals surface area contributed by atoms with E-state index in [0.717, 1.165) is 79.4 Å². The van der Waals surface area contributed by atoms with E-state index >= 15 is 0 Å². The maximum Gasteiger partial charge on any atom is 0.328 e. The number of fused-ring (bicyclic) bond motifs is 6. The summed E-state index contributed by atoms with van der Waals surface area (Å²) in [7, 11) is 0. The van der Waals surface area contributed by atoms with Crippen LogP contribution in [0.1, 0.15) is 133 Å². The molecule has 10 nitrogen and oxygen atoms in total. The molecule has 1 aliphatic heterocycles. The van der Waals surface area contributed by atoms with Crippen molar-refractivity contribution in [3.63, 3.8) is 0 Å². The predicted molar refractivity (Wildman–Crippen MR) is 208 cm³/mol. The molecule has 0 radical (unpaired) electrons. The topological polar surface area (TPSA) is 175 Å². The largest absolute Gasteiger partial charge is 0.483 e. The van der Waals surface area contributed by atoms with E-state index in [9.17, 15) is 24.9 Å². The molecule has 7 N–H and O–H groups in total. The van der Waals surface area contributed by atoms with E-state index < -0.39 is 29.8 Å². The minimum Gasteiger partial charge on any atom is -0.483 e. The van der Waals surface area contributed by atoms with Crippen LogP contribution in [-0.4, -0.2) is 70.4 Å². The van der Waals surface area contributed by atoms with Crippen LogP contribution in [-0.2, 0) is 20.7 Å². The fourth-order valence-electron chi connectivity index (χ4n) is 12.3. The first-order chi connectivity index (χ1) is 25.4. The van der Waals surface area contributed by atoms with Gasteiger partial charge in [0.15, 0.2) is 0 Å². The maximum atomic E-state index is 13.3. The number of aliphatic hydroxyl groups is 3. The van der Waals surface area contributed by atoms with E-state index in [1.807, 2.05) is 27.7 Å². The number of hydrogen-bond donors (Lipinski definition) is 5. The van der Waals surface area contributed by atoms with Crippen molar-refractivity contribution >= 4 is 11.9 Å². The van der Waals surface area contributed by atoms with Gasteiger partial charge in [-0.1, -0.05) is 27.2 Å². The highest BCUT2D eigenvalue weighted by atomic mass is 16.6. The number of carbonyl (C=O) groups is 2. The van der Waals surface area contributed by atoms with Crippen molar-refractivity contribution in [1.29, 1.82) is 0 Å². The molecule has 4 aliphatic carbocycles. The Morgan fingerprint density at radius 3 is 2.39 bits per heavy atom. The first kappa shape index (κ1) is 41.4. The van der Waals surface area contributed by atoms with Crippen molar-refractivity contribution < 1.29 is 39.1 Å². The van der Waals surface area contributed by atoms with Crippen molar-refractivity contribution in [1.82, 2.24) is 0 Å². The van der Waals surface area contributed by atoms with Crippen LogP contribution >= 0.6 is 0 Å². The van der Waals surface area contributed by atoms with Gasteiger partial charge in [-0.3, -0.25) is 4.79 Å². The number of unbranched alkanes of at least 4 members (excludes halogenated alkanes) is 1. The third-order valence-electron chi connectivity index (χ3n) is 15.9. The Balaban J connectivity index is 1.04. The molecule has 6 rings (SSSR count). The molecule has 4 fully saturated rings. The normalized spacial score (nSPS) is 38.2. The fourth-order valence-corrected chi connectivity index (χ4v) is 12.3. The lowest BCUT2D eigenvalue weighted by molar-refractivity contribution is -0.207. The Morgan fingerprint density at radius 2 is 1.67 bits per heavy atom. The fraction of sp³-hybridized carbons (Fsp3) is 0.818. The van der Waals surface area contributed by atoms with E-state index in [0.29, 0.717) is 56.7 Å². The number of nitrogens with two attached hydrogens (primary N) is 2. The molecule has 1 heterocycles. The third kappa shape index (κ3) is 7.48. The van der Waals surface area contributed by atoms with Gasteiger partial charge in [-0.15, -0.1) is 0 Å². The average molecular weight is 755 g/mol. The Hall–Kier alpha value is -2.24. The molecule has 2 unspecified atom stereocenters. The molecular weight excluding hydrogens is 684 g/mol. The zero-order valence-electron chi connectivity index (χ0n) is 34.1. The van der Waals surface area contributed by atoms with Crippen LogP contribution in [0.15, 0.2) is 0 Å². The summed E-state index contributed by atoms with van der Waals surface area (Å²) in [6, 6.07) is -0.704. The summed E-state index contributed by atoms with van der Waals surface area (Å²) in [6.45, 7) is 15.4. The van der Waals surface area contributed by atoms with E-state index in [1.54, 1.807) is 0 Å². The van der Waals surface area contributed by atoms with Gasteiger partial charge in [-0.05, 0) is 174 Å². The summed E-state index contributed by atoms with van der Waals surface area (Å²) in [5, 5.41) is 34.0. The quantitative estimate of drug-likeness (QED) is 0.0971. The van der Waals surface area contributed by atoms with Crippen molar-refractivity contribution in [3.05, 3.63) is 22.3 Å². The number of ether oxygens (including phenoxy) is 3. The molecule has 1 aromatic carbocycles. The van der Waals surface area contributed by atoms with Crippen LogP contribution in [0.5, 0.6) is 11.5 Å². The Bertz CT molecular complexity index is 1550. The van der Waals surface area contributed by atoms with Crippen molar-refractivity contribution in [2.45, 2.75) is 168 Å². The van der Waals surface area contributed by atoms with Crippen LogP contribution in [0.25, 0.3) is 0 Å². The number of hydrogen-bond acceptors (Lipinski definition) is 10. The summed E-state index contributed by atoms with van der Waals surface area (Å²) in [4.78, 5) is 26.1. The third-order valence-corrected chi connectivity index (χ3v) is 15.9. The van der Waals surface area contributed by atoms with Gasteiger partial charge in [-0.2, -0.15) is 0 Å². The van der Waals surface area contributed by atoms with Crippen molar-refractivity contribution in [2.24, 2.45) is 57.8 Å². The van der Waals surface area contributed by atoms with E-state index in [2.05, 4.69) is 20.8 Å². The van der Waals surface area contributed by atoms with Crippen LogP contribution in [0.2, 0.25) is 0 Å². The number of benzene rings is 1. The van der Waals surface area contributed by atoms with E-state index in [1.165, 1.54) is 0 Å². The van der Waals surface area contributed by atoms with Gasteiger partial charge in [0.2, 0.25) is 0 Å². The molecule has 10 heteroatoms. The SMILES string of the molecule is Cc1c(C)c2c(c(C)c1OC(=O)[C@@H](N)CCCCN)CCC(C)(COC(=O)CCC(C)[C@H]1CC[C@H]3[C@@H]4[C@H](O)C[C@@H]5C[C@H](O)CC[C@]5(C)[C@H]4C[C@H](O)[C@]13C)O2. The summed E-state index contributed by atoms with van der Waals surface area (Å²) < 4.78 is 18.4. The molecule has 304 valence electrons. The molecule has 1 aromatic rings. The Kier molecular flexibility index (Phi) is 12.2. The number of esters is 2. The van der Waals surface area contributed by atoms with Gasteiger partial charge in [0.05, 0.1) is 18.3 Å². The second kappa shape index (κ2) is 16.0. The molecule has 5 aliphatic rings. The van der Waals surface area contributed by atoms with Gasteiger partial charge < -0.3 is 41.0 Å². The molecule has 0 spiro atoms. The zero-order valence-corrected chi connectivity index (χ0v) is 34.1. The second-order valence-corrected chi connectivity index (χ2v) is 19.1. The molecule has 0 bridgehead atoms. The highest BCUT2D eigenvalue weighted by molar-refractivity contribution is 5.79. The molecule has 4 saturated carbocycles. The van der Waals surface area contributed by atoms with Gasteiger partial charge >= 0.3 is 11.9 Å². The number of rotatable bonds is 12. The van der Waals surface area contributed by atoms with Gasteiger partial charge in [0.25, 0.3) is 0 Å².